The van der Waals surface area contributed by atoms with Crippen LogP contribution in [0, 0.1) is 5.92 Å². The Balaban J connectivity index is 0.00000363. The zero-order chi connectivity index (χ0) is 22.1. The molecular weight excluding hydrogens is 521 g/mol. The van der Waals surface area contributed by atoms with Crippen molar-refractivity contribution < 1.29 is 19.0 Å². The van der Waals surface area contributed by atoms with E-state index in [0.29, 0.717) is 18.0 Å². The number of ether oxygens (including phenoxy) is 3. The van der Waals surface area contributed by atoms with Gasteiger partial charge in [0, 0.05) is 19.6 Å². The van der Waals surface area contributed by atoms with Gasteiger partial charge in [-0.2, -0.15) is 0 Å². The molecular formula is C24H32IN3O4. The van der Waals surface area contributed by atoms with Gasteiger partial charge >= 0.3 is 5.97 Å². The molecule has 0 saturated carbocycles. The van der Waals surface area contributed by atoms with Crippen molar-refractivity contribution in [1.29, 1.82) is 0 Å². The van der Waals surface area contributed by atoms with E-state index >= 15 is 0 Å². The van der Waals surface area contributed by atoms with E-state index in [9.17, 15) is 4.79 Å². The van der Waals surface area contributed by atoms with Crippen LogP contribution in [0.1, 0.15) is 25.3 Å². The van der Waals surface area contributed by atoms with Gasteiger partial charge < -0.3 is 24.4 Å². The topological polar surface area (TPSA) is 72.4 Å². The van der Waals surface area contributed by atoms with E-state index in [1.807, 2.05) is 48.5 Å². The second-order valence-electron chi connectivity index (χ2n) is 7.35. The van der Waals surface area contributed by atoms with Gasteiger partial charge in [-0.3, -0.25) is 4.79 Å². The first-order chi connectivity index (χ1) is 15.1. The Morgan fingerprint density at radius 2 is 1.72 bits per heavy atom. The first-order valence-corrected chi connectivity index (χ1v) is 10.7. The molecule has 0 aromatic heterocycles. The predicted molar refractivity (Wildman–Crippen MR) is 136 cm³/mol. The van der Waals surface area contributed by atoms with Crippen molar-refractivity contribution in [2.45, 2.75) is 26.3 Å². The van der Waals surface area contributed by atoms with E-state index in [1.165, 1.54) is 7.11 Å². The maximum Gasteiger partial charge on any atom is 0.308 e. The second kappa shape index (κ2) is 13.1. The van der Waals surface area contributed by atoms with Crippen LogP contribution in [0.2, 0.25) is 0 Å². The molecule has 0 amide bonds. The summed E-state index contributed by atoms with van der Waals surface area (Å²) in [6, 6.07) is 15.5. The molecule has 1 N–H and O–H groups in total. The Labute approximate surface area is 207 Å². The van der Waals surface area contributed by atoms with Gasteiger partial charge in [0.15, 0.2) is 17.5 Å². The molecule has 1 saturated heterocycles. The minimum absolute atomic E-state index is 0. The Bertz CT molecular complexity index is 881. The molecule has 0 atom stereocenters. The van der Waals surface area contributed by atoms with E-state index in [2.05, 4.69) is 17.1 Å². The van der Waals surface area contributed by atoms with Gasteiger partial charge in [0.1, 0.15) is 5.75 Å². The van der Waals surface area contributed by atoms with Crippen LogP contribution in [0.15, 0.2) is 53.5 Å². The molecule has 0 aliphatic carbocycles. The summed E-state index contributed by atoms with van der Waals surface area (Å²) in [4.78, 5) is 18.8. The van der Waals surface area contributed by atoms with Crippen LogP contribution in [-0.2, 0) is 16.1 Å². The second-order valence-corrected chi connectivity index (χ2v) is 7.35. The Morgan fingerprint density at radius 1 is 1.06 bits per heavy atom. The lowest BCUT2D eigenvalue weighted by Crippen LogP contribution is -2.46. The summed E-state index contributed by atoms with van der Waals surface area (Å²) in [7, 11) is 3.08. The van der Waals surface area contributed by atoms with Crippen molar-refractivity contribution in [2.24, 2.45) is 10.9 Å². The summed E-state index contributed by atoms with van der Waals surface area (Å²) in [5.41, 5.74) is 1.09. The zero-order valence-corrected chi connectivity index (χ0v) is 21.2. The summed E-state index contributed by atoms with van der Waals surface area (Å²) in [6.45, 7) is 4.99. The highest BCUT2D eigenvalue weighted by atomic mass is 127. The SMILES string of the molecule is CCNC(=NCc1ccc(Oc2ccccc2OC)cc1)N1CCC(C(=O)OC)CC1.I. The normalized spacial score (nSPS) is 14.3. The fourth-order valence-corrected chi connectivity index (χ4v) is 3.58. The van der Waals surface area contributed by atoms with Crippen LogP contribution in [0.3, 0.4) is 0 Å². The van der Waals surface area contributed by atoms with Crippen molar-refractivity contribution in [3.8, 4) is 17.2 Å². The number of methoxy groups -OCH3 is 2. The number of benzene rings is 2. The molecule has 7 nitrogen and oxygen atoms in total. The molecule has 1 fully saturated rings. The number of aliphatic imine (C=N–C) groups is 1. The van der Waals surface area contributed by atoms with Crippen LogP contribution < -0.4 is 14.8 Å². The number of hydrogen-bond acceptors (Lipinski definition) is 5. The van der Waals surface area contributed by atoms with Gasteiger partial charge in [0.2, 0.25) is 0 Å². The van der Waals surface area contributed by atoms with Gasteiger partial charge in [-0.05, 0) is 49.6 Å². The Kier molecular flexibility index (Phi) is 10.6. The molecule has 0 spiro atoms. The van der Waals surface area contributed by atoms with Gasteiger partial charge in [0.05, 0.1) is 26.7 Å². The highest BCUT2D eigenvalue weighted by molar-refractivity contribution is 14.0. The number of likely N-dealkylation sites (tertiary alicyclic amines) is 1. The fraction of sp³-hybridized carbons (Fsp3) is 0.417. The van der Waals surface area contributed by atoms with E-state index in [0.717, 1.165) is 49.7 Å². The third-order valence-corrected chi connectivity index (χ3v) is 5.30. The van der Waals surface area contributed by atoms with Crippen molar-refractivity contribution in [2.75, 3.05) is 33.9 Å². The molecule has 3 rings (SSSR count). The predicted octanol–water partition coefficient (Wildman–Crippen LogP) is 4.46. The summed E-state index contributed by atoms with van der Waals surface area (Å²) in [5.74, 6) is 2.87. The van der Waals surface area contributed by atoms with Gasteiger partial charge in [-0.15, -0.1) is 24.0 Å². The molecule has 2 aromatic carbocycles. The maximum atomic E-state index is 11.8. The zero-order valence-electron chi connectivity index (χ0n) is 18.9. The summed E-state index contributed by atoms with van der Waals surface area (Å²) < 4.78 is 16.1. The molecule has 1 aliphatic rings. The maximum absolute atomic E-state index is 11.8. The average Bonchev–Trinajstić information content (AvgIpc) is 2.82. The summed E-state index contributed by atoms with van der Waals surface area (Å²) in [6.07, 6.45) is 1.57. The minimum Gasteiger partial charge on any atom is -0.493 e. The van der Waals surface area contributed by atoms with E-state index in [-0.39, 0.29) is 35.9 Å². The van der Waals surface area contributed by atoms with Crippen molar-refractivity contribution in [3.63, 3.8) is 0 Å². The van der Waals surface area contributed by atoms with Crippen molar-refractivity contribution in [1.82, 2.24) is 10.2 Å². The molecule has 2 aromatic rings. The van der Waals surface area contributed by atoms with E-state index in [1.54, 1.807) is 7.11 Å². The number of para-hydroxylation sites is 2. The lowest BCUT2D eigenvalue weighted by molar-refractivity contribution is -0.146. The monoisotopic (exact) mass is 553 g/mol. The number of nitrogens with zero attached hydrogens (tertiary/aromatic N) is 2. The number of guanidine groups is 1. The third kappa shape index (κ3) is 7.01. The minimum atomic E-state index is -0.114. The summed E-state index contributed by atoms with van der Waals surface area (Å²) >= 11 is 0. The van der Waals surface area contributed by atoms with Crippen LogP contribution in [0.4, 0.5) is 0 Å². The van der Waals surface area contributed by atoms with Crippen LogP contribution in [-0.4, -0.2) is 50.7 Å². The van der Waals surface area contributed by atoms with E-state index < -0.39 is 0 Å². The standard InChI is InChI=1S/C24H31N3O4.HI/c1-4-25-24(27-15-13-19(14-16-27)23(28)30-3)26-17-18-9-11-20(12-10-18)31-22-8-6-5-7-21(22)29-2;/h5-12,19H,4,13-17H2,1-3H3,(H,25,26);1H. The number of hydrogen-bond donors (Lipinski definition) is 1. The molecule has 1 aliphatic heterocycles. The lowest BCUT2D eigenvalue weighted by Gasteiger charge is -2.33. The number of nitrogens with one attached hydrogen (secondary N) is 1. The number of carbonyl (C=O) groups excluding carboxylic acids is 1. The quantitative estimate of drug-likeness (QED) is 0.237. The number of halogens is 1. The number of esters is 1. The molecule has 0 radical (unpaired) electrons. The Hall–Kier alpha value is -2.49. The molecule has 0 bridgehead atoms. The molecule has 174 valence electrons. The molecule has 1 heterocycles. The van der Waals surface area contributed by atoms with Crippen LogP contribution in [0.5, 0.6) is 17.2 Å². The van der Waals surface area contributed by atoms with Crippen LogP contribution in [0.25, 0.3) is 0 Å². The van der Waals surface area contributed by atoms with Gasteiger partial charge in [0.25, 0.3) is 0 Å². The number of piperidine rings is 1. The first kappa shape index (κ1) is 25.8. The fourth-order valence-electron chi connectivity index (χ4n) is 3.58. The van der Waals surface area contributed by atoms with Crippen molar-refractivity contribution in [3.05, 3.63) is 54.1 Å². The van der Waals surface area contributed by atoms with Crippen molar-refractivity contribution >= 4 is 35.9 Å². The molecule has 8 heteroatoms. The lowest BCUT2D eigenvalue weighted by atomic mass is 9.97. The smallest absolute Gasteiger partial charge is 0.308 e. The van der Waals surface area contributed by atoms with Gasteiger partial charge in [-0.25, -0.2) is 4.99 Å². The molecule has 0 unspecified atom stereocenters. The highest BCUT2D eigenvalue weighted by Crippen LogP contribution is 2.31. The van der Waals surface area contributed by atoms with E-state index in [4.69, 9.17) is 19.2 Å². The largest absolute Gasteiger partial charge is 0.493 e. The first-order valence-electron chi connectivity index (χ1n) is 10.7. The summed E-state index contributed by atoms with van der Waals surface area (Å²) in [5, 5.41) is 3.36. The molecule has 32 heavy (non-hydrogen) atoms. The number of carbonyl (C=O) groups is 1. The Morgan fingerprint density at radius 3 is 2.31 bits per heavy atom. The average molecular weight is 553 g/mol. The highest BCUT2D eigenvalue weighted by Gasteiger charge is 2.26. The van der Waals surface area contributed by atoms with Gasteiger partial charge in [-0.1, -0.05) is 24.3 Å². The van der Waals surface area contributed by atoms with Crippen LogP contribution >= 0.6 is 24.0 Å². The number of rotatable bonds is 7. The third-order valence-electron chi connectivity index (χ3n) is 5.30.